The predicted molar refractivity (Wildman–Crippen MR) is 103 cm³/mol. The molecule has 128 valence electrons. The van der Waals surface area contributed by atoms with E-state index in [0.29, 0.717) is 11.8 Å². The molecule has 0 heterocycles. The zero-order chi connectivity index (χ0) is 17.2. The van der Waals surface area contributed by atoms with Crippen molar-refractivity contribution in [3.05, 3.63) is 60.2 Å². The molecule has 5 heteroatoms. The van der Waals surface area contributed by atoms with E-state index in [2.05, 4.69) is 46.8 Å². The van der Waals surface area contributed by atoms with Gasteiger partial charge in [-0.1, -0.05) is 37.3 Å². The van der Waals surface area contributed by atoms with Crippen LogP contribution in [0.2, 0.25) is 0 Å². The lowest BCUT2D eigenvalue weighted by molar-refractivity contribution is 0.474. The van der Waals surface area contributed by atoms with E-state index in [1.54, 1.807) is 12.1 Å². The van der Waals surface area contributed by atoms with Crippen LogP contribution in [0.25, 0.3) is 0 Å². The molecule has 0 spiro atoms. The lowest BCUT2D eigenvalue weighted by atomic mass is 10.2. The fourth-order valence-electron chi connectivity index (χ4n) is 2.18. The highest BCUT2D eigenvalue weighted by atomic mass is 32.2. The van der Waals surface area contributed by atoms with E-state index in [9.17, 15) is 5.11 Å². The number of rotatable bonds is 7. The first-order chi connectivity index (χ1) is 11.7. The molecule has 24 heavy (non-hydrogen) atoms. The van der Waals surface area contributed by atoms with Gasteiger partial charge in [-0.3, -0.25) is 0 Å². The minimum atomic E-state index is 0.272. The maximum Gasteiger partial charge on any atom is 0.191 e. The smallest absolute Gasteiger partial charge is 0.191 e. The van der Waals surface area contributed by atoms with Crippen molar-refractivity contribution in [1.29, 1.82) is 0 Å². The Kier molecular flexibility index (Phi) is 7.49. The van der Waals surface area contributed by atoms with Crippen LogP contribution >= 0.6 is 11.8 Å². The fourth-order valence-corrected chi connectivity index (χ4v) is 3.13. The van der Waals surface area contributed by atoms with Crippen molar-refractivity contribution >= 4 is 17.7 Å². The topological polar surface area (TPSA) is 56.7 Å². The van der Waals surface area contributed by atoms with Crippen LogP contribution in [0.15, 0.2) is 64.5 Å². The number of hydrogen-bond acceptors (Lipinski definition) is 3. The molecule has 2 rings (SSSR count). The quantitative estimate of drug-likeness (QED) is 0.408. The molecular formula is C19H25N3OS. The maximum atomic E-state index is 9.52. The van der Waals surface area contributed by atoms with Crippen LogP contribution in [0, 0.1) is 0 Å². The number of phenolic OH excluding ortho intramolecular Hbond substituents is 1. The van der Waals surface area contributed by atoms with E-state index in [-0.39, 0.29) is 5.75 Å². The summed E-state index contributed by atoms with van der Waals surface area (Å²) in [4.78, 5) is 5.85. The number of nitrogens with one attached hydrogen (secondary N) is 2. The lowest BCUT2D eigenvalue weighted by Gasteiger charge is -2.15. The summed E-state index contributed by atoms with van der Waals surface area (Å²) in [7, 11) is 0. The standard InChI is InChI=1S/C19H25N3OS/c1-3-20-19(22-14-16-8-7-9-17(23)12-16)21-13-15(2)24-18-10-5-4-6-11-18/h4-12,15,23H,3,13-14H2,1-2H3,(H2,20,21,22). The molecule has 0 fully saturated rings. The molecule has 0 radical (unpaired) electrons. The van der Waals surface area contributed by atoms with Gasteiger partial charge in [-0.05, 0) is 36.8 Å². The molecule has 2 aromatic rings. The van der Waals surface area contributed by atoms with Gasteiger partial charge < -0.3 is 15.7 Å². The molecule has 1 unspecified atom stereocenters. The first kappa shape index (κ1) is 18.2. The monoisotopic (exact) mass is 343 g/mol. The predicted octanol–water partition coefficient (Wildman–Crippen LogP) is 3.63. The molecule has 3 N–H and O–H groups in total. The van der Waals surface area contributed by atoms with Gasteiger partial charge in [0.25, 0.3) is 0 Å². The highest BCUT2D eigenvalue weighted by Crippen LogP contribution is 2.21. The first-order valence-corrected chi connectivity index (χ1v) is 9.07. The van der Waals surface area contributed by atoms with E-state index < -0.39 is 0 Å². The van der Waals surface area contributed by atoms with Gasteiger partial charge in [0, 0.05) is 23.2 Å². The molecule has 0 bridgehead atoms. The van der Waals surface area contributed by atoms with Crippen LogP contribution in [0.1, 0.15) is 19.4 Å². The summed E-state index contributed by atoms with van der Waals surface area (Å²) in [6.45, 7) is 6.42. The molecule has 0 saturated heterocycles. The summed E-state index contributed by atoms with van der Waals surface area (Å²) in [6.07, 6.45) is 0. The third-order valence-corrected chi connectivity index (χ3v) is 4.43. The second-order valence-corrected chi connectivity index (χ2v) is 7.00. The van der Waals surface area contributed by atoms with Gasteiger partial charge in [-0.25, -0.2) is 4.99 Å². The molecule has 4 nitrogen and oxygen atoms in total. The largest absolute Gasteiger partial charge is 0.508 e. The van der Waals surface area contributed by atoms with E-state index in [0.717, 1.165) is 24.6 Å². The van der Waals surface area contributed by atoms with Crippen molar-refractivity contribution in [1.82, 2.24) is 10.6 Å². The normalized spacial score (nSPS) is 12.7. The Bertz CT molecular complexity index is 646. The van der Waals surface area contributed by atoms with Crippen LogP contribution in [-0.4, -0.2) is 29.4 Å². The molecule has 2 aromatic carbocycles. The second-order valence-electron chi connectivity index (χ2n) is 5.49. The zero-order valence-corrected chi connectivity index (χ0v) is 15.0. The summed E-state index contributed by atoms with van der Waals surface area (Å²) in [6, 6.07) is 17.6. The van der Waals surface area contributed by atoms with E-state index in [4.69, 9.17) is 0 Å². The Morgan fingerprint density at radius 2 is 1.92 bits per heavy atom. The van der Waals surface area contributed by atoms with Crippen molar-refractivity contribution < 1.29 is 5.11 Å². The fraction of sp³-hybridized carbons (Fsp3) is 0.316. The van der Waals surface area contributed by atoms with Gasteiger partial charge >= 0.3 is 0 Å². The summed E-state index contributed by atoms with van der Waals surface area (Å²) in [5, 5.41) is 16.6. The van der Waals surface area contributed by atoms with Crippen molar-refractivity contribution in [2.75, 3.05) is 13.1 Å². The Morgan fingerprint density at radius 1 is 1.12 bits per heavy atom. The van der Waals surface area contributed by atoms with Crippen LogP contribution in [0.5, 0.6) is 5.75 Å². The Balaban J connectivity index is 1.87. The lowest BCUT2D eigenvalue weighted by Crippen LogP contribution is -2.40. The second kappa shape index (κ2) is 9.88. The van der Waals surface area contributed by atoms with Gasteiger partial charge in [-0.15, -0.1) is 11.8 Å². The van der Waals surface area contributed by atoms with Crippen molar-refractivity contribution in [2.45, 2.75) is 30.5 Å². The van der Waals surface area contributed by atoms with E-state index >= 15 is 0 Å². The highest BCUT2D eigenvalue weighted by molar-refractivity contribution is 8.00. The van der Waals surface area contributed by atoms with Gasteiger partial charge in [-0.2, -0.15) is 0 Å². The Morgan fingerprint density at radius 3 is 2.62 bits per heavy atom. The summed E-state index contributed by atoms with van der Waals surface area (Å²) in [5.41, 5.74) is 0.985. The first-order valence-electron chi connectivity index (χ1n) is 8.19. The van der Waals surface area contributed by atoms with Crippen LogP contribution < -0.4 is 10.6 Å². The minimum absolute atomic E-state index is 0.272. The Labute approximate surface area is 148 Å². The van der Waals surface area contributed by atoms with Crippen LogP contribution in [0.3, 0.4) is 0 Å². The number of nitrogens with zero attached hydrogens (tertiary/aromatic N) is 1. The average molecular weight is 343 g/mol. The van der Waals surface area contributed by atoms with Gasteiger partial charge in [0.05, 0.1) is 6.54 Å². The van der Waals surface area contributed by atoms with Gasteiger partial charge in [0.2, 0.25) is 0 Å². The average Bonchev–Trinajstić information content (AvgIpc) is 2.58. The molecule has 0 amide bonds. The van der Waals surface area contributed by atoms with Gasteiger partial charge in [0.1, 0.15) is 5.75 Å². The summed E-state index contributed by atoms with van der Waals surface area (Å²) < 4.78 is 0. The minimum Gasteiger partial charge on any atom is -0.508 e. The van der Waals surface area contributed by atoms with E-state index in [1.807, 2.05) is 36.9 Å². The number of aliphatic imine (C=N–C) groups is 1. The number of hydrogen-bond donors (Lipinski definition) is 3. The Hall–Kier alpha value is -2.14. The third kappa shape index (κ3) is 6.54. The summed E-state index contributed by atoms with van der Waals surface area (Å²) in [5.74, 6) is 1.06. The van der Waals surface area contributed by atoms with E-state index in [1.165, 1.54) is 4.90 Å². The molecular weight excluding hydrogens is 318 g/mol. The number of aromatic hydroxyl groups is 1. The number of guanidine groups is 1. The molecule has 0 aliphatic heterocycles. The molecule has 0 aliphatic carbocycles. The van der Waals surface area contributed by atoms with Crippen LogP contribution in [0.4, 0.5) is 0 Å². The van der Waals surface area contributed by atoms with Crippen molar-refractivity contribution in [3.63, 3.8) is 0 Å². The molecule has 0 aromatic heterocycles. The molecule has 0 aliphatic rings. The van der Waals surface area contributed by atoms with Crippen LogP contribution in [-0.2, 0) is 6.54 Å². The molecule has 1 atom stereocenters. The van der Waals surface area contributed by atoms with Crippen molar-refractivity contribution in [2.24, 2.45) is 4.99 Å². The summed E-state index contributed by atoms with van der Waals surface area (Å²) >= 11 is 1.84. The molecule has 0 saturated carbocycles. The zero-order valence-electron chi connectivity index (χ0n) is 14.2. The number of thioether (sulfide) groups is 1. The highest BCUT2D eigenvalue weighted by Gasteiger charge is 2.06. The SMILES string of the molecule is CCNC(=NCc1cccc(O)c1)NCC(C)Sc1ccccc1. The van der Waals surface area contributed by atoms with Crippen molar-refractivity contribution in [3.8, 4) is 5.75 Å². The number of benzene rings is 2. The number of phenols is 1. The maximum absolute atomic E-state index is 9.52. The van der Waals surface area contributed by atoms with Gasteiger partial charge in [0.15, 0.2) is 5.96 Å². The third-order valence-electron chi connectivity index (χ3n) is 3.31.